The zero-order chi connectivity index (χ0) is 25.8. The van der Waals surface area contributed by atoms with Gasteiger partial charge in [-0.1, -0.05) is 53.2 Å². The van der Waals surface area contributed by atoms with E-state index in [1.807, 2.05) is 6.08 Å². The van der Waals surface area contributed by atoms with Crippen LogP contribution in [-0.2, 0) is 19.1 Å². The highest BCUT2D eigenvalue weighted by Gasteiger charge is 2.69. The lowest BCUT2D eigenvalue weighted by Crippen LogP contribution is -2.65. The summed E-state index contributed by atoms with van der Waals surface area (Å²) in [6.45, 7) is 15.6. The summed E-state index contributed by atoms with van der Waals surface area (Å²) in [5, 5.41) is 0. The highest BCUT2D eigenvalue weighted by atomic mass is 16.5. The highest BCUT2D eigenvalue weighted by molar-refractivity contribution is 5.99. The van der Waals surface area contributed by atoms with Crippen LogP contribution in [0.3, 0.4) is 0 Å². The number of ether oxygens (including phenoxy) is 1. The summed E-state index contributed by atoms with van der Waals surface area (Å²) in [6, 6.07) is 0. The number of allylic oxidation sites excluding steroid dienone is 4. The third kappa shape index (κ3) is 2.95. The monoisotopic (exact) mass is 480 g/mol. The second-order valence-electron chi connectivity index (χ2n) is 14.5. The molecular formula is C31H44O4. The number of hydrogen-bond donors (Lipinski definition) is 0. The number of carbonyl (C=O) groups excluding carboxylic acids is 3. The van der Waals surface area contributed by atoms with Crippen LogP contribution in [0, 0.1) is 50.2 Å². The third-order valence-electron chi connectivity index (χ3n) is 12.5. The van der Waals surface area contributed by atoms with E-state index in [-0.39, 0.29) is 56.9 Å². The maximum Gasteiger partial charge on any atom is 0.311 e. The second-order valence-corrected chi connectivity index (χ2v) is 14.5. The Kier molecular flexibility index (Phi) is 5.13. The van der Waals surface area contributed by atoms with E-state index >= 15 is 0 Å². The lowest BCUT2D eigenvalue weighted by molar-refractivity contribution is -0.172. The molecule has 5 rings (SSSR count). The molecule has 3 fully saturated rings. The summed E-state index contributed by atoms with van der Waals surface area (Å²) in [5.74, 6) is 0.547. The van der Waals surface area contributed by atoms with Gasteiger partial charge in [0, 0.05) is 16.7 Å². The Hall–Kier alpha value is -1.71. The highest BCUT2D eigenvalue weighted by Crippen LogP contribution is 2.74. The van der Waals surface area contributed by atoms with Crippen molar-refractivity contribution < 1.29 is 19.1 Å². The van der Waals surface area contributed by atoms with Gasteiger partial charge in [0.2, 0.25) is 0 Å². The lowest BCUT2D eigenvalue weighted by Gasteiger charge is -2.69. The zero-order valence-corrected chi connectivity index (χ0v) is 23.0. The van der Waals surface area contributed by atoms with Gasteiger partial charge in [-0.15, -0.1) is 0 Å². The third-order valence-corrected chi connectivity index (χ3v) is 12.5. The zero-order valence-electron chi connectivity index (χ0n) is 23.0. The number of ketones is 2. The van der Waals surface area contributed by atoms with E-state index in [4.69, 9.17) is 4.74 Å². The first-order chi connectivity index (χ1) is 16.1. The molecular weight excluding hydrogens is 436 g/mol. The minimum absolute atomic E-state index is 0.0997. The van der Waals surface area contributed by atoms with Crippen molar-refractivity contribution >= 4 is 17.5 Å². The van der Waals surface area contributed by atoms with Crippen molar-refractivity contribution in [2.45, 2.75) is 93.4 Å². The Morgan fingerprint density at radius 2 is 1.60 bits per heavy atom. The maximum absolute atomic E-state index is 14.2. The molecule has 8 atom stereocenters. The van der Waals surface area contributed by atoms with E-state index in [9.17, 15) is 14.4 Å². The summed E-state index contributed by atoms with van der Waals surface area (Å²) in [4.78, 5) is 39.9. The van der Waals surface area contributed by atoms with Gasteiger partial charge in [0.25, 0.3) is 0 Å². The summed E-state index contributed by atoms with van der Waals surface area (Å²) >= 11 is 0. The van der Waals surface area contributed by atoms with Gasteiger partial charge in [0.15, 0.2) is 11.6 Å². The average Bonchev–Trinajstić information content (AvgIpc) is 2.78. The summed E-state index contributed by atoms with van der Waals surface area (Å²) < 4.78 is 5.23. The minimum Gasteiger partial charge on any atom is -0.469 e. The van der Waals surface area contributed by atoms with E-state index in [1.54, 1.807) is 6.08 Å². The topological polar surface area (TPSA) is 60.4 Å². The first-order valence-corrected chi connectivity index (χ1v) is 13.7. The van der Waals surface area contributed by atoms with Crippen molar-refractivity contribution in [3.63, 3.8) is 0 Å². The van der Waals surface area contributed by atoms with Crippen LogP contribution < -0.4 is 0 Å². The predicted octanol–water partition coefficient (Wildman–Crippen LogP) is 6.49. The van der Waals surface area contributed by atoms with Gasteiger partial charge in [0.05, 0.1) is 12.5 Å². The molecule has 0 amide bonds. The molecule has 192 valence electrons. The van der Waals surface area contributed by atoms with Crippen LogP contribution in [0.15, 0.2) is 23.8 Å². The van der Waals surface area contributed by atoms with Gasteiger partial charge in [-0.2, -0.15) is 0 Å². The largest absolute Gasteiger partial charge is 0.469 e. The van der Waals surface area contributed by atoms with Crippen molar-refractivity contribution in [2.24, 2.45) is 50.2 Å². The van der Waals surface area contributed by atoms with Crippen LogP contribution in [0.25, 0.3) is 0 Å². The smallest absolute Gasteiger partial charge is 0.311 e. The fraction of sp³-hybridized carbons (Fsp3) is 0.774. The van der Waals surface area contributed by atoms with E-state index in [1.165, 1.54) is 12.7 Å². The molecule has 4 nitrogen and oxygen atoms in total. The van der Waals surface area contributed by atoms with Crippen LogP contribution in [-0.4, -0.2) is 24.6 Å². The molecule has 0 aromatic heterocycles. The quantitative estimate of drug-likeness (QED) is 0.403. The molecule has 5 aliphatic carbocycles. The second kappa shape index (κ2) is 7.19. The lowest BCUT2D eigenvalue weighted by atomic mass is 9.34. The van der Waals surface area contributed by atoms with Crippen molar-refractivity contribution in [3.05, 3.63) is 23.8 Å². The van der Waals surface area contributed by atoms with Gasteiger partial charge in [-0.3, -0.25) is 14.4 Å². The van der Waals surface area contributed by atoms with Gasteiger partial charge < -0.3 is 4.74 Å². The first kappa shape index (κ1) is 25.0. The number of carbonyl (C=O) groups is 3. The summed E-state index contributed by atoms with van der Waals surface area (Å²) in [6.07, 6.45) is 12.6. The Bertz CT molecular complexity index is 1070. The fourth-order valence-electron chi connectivity index (χ4n) is 9.92. The van der Waals surface area contributed by atoms with Crippen molar-refractivity contribution in [2.75, 3.05) is 7.11 Å². The molecule has 4 unspecified atom stereocenters. The summed E-state index contributed by atoms with van der Waals surface area (Å²) in [5.41, 5.74) is -0.158. The molecule has 0 saturated heterocycles. The van der Waals surface area contributed by atoms with Gasteiger partial charge in [0.1, 0.15) is 0 Å². The maximum atomic E-state index is 14.2. The Morgan fingerprint density at radius 3 is 2.26 bits per heavy atom. The molecule has 4 heteroatoms. The Labute approximate surface area is 211 Å². The standard InChI is InChI=1S/C31H44O4/c1-26(2)22-9-12-31(7)24(29(22,5)11-10-23(26)33)21(32)17-19-20-18-28(4,25(34)35-8)14-13-27(20,3)15-16-30(19,31)6/h10-11,17,20,22,24H,9,12-16,18H2,1-8H3/t20?,22-,24+,27?,28-,29?,30+,31?/m0/s1. The molecule has 0 radical (unpaired) electrons. The number of esters is 1. The Balaban J connectivity index is 1.64. The minimum atomic E-state index is -0.501. The number of rotatable bonds is 1. The fourth-order valence-corrected chi connectivity index (χ4v) is 9.92. The number of fused-ring (bicyclic) bond motifs is 7. The van der Waals surface area contributed by atoms with Crippen molar-refractivity contribution in [1.82, 2.24) is 0 Å². The van der Waals surface area contributed by atoms with Crippen LogP contribution in [0.2, 0.25) is 0 Å². The molecule has 0 spiro atoms. The van der Waals surface area contributed by atoms with Gasteiger partial charge in [-0.05, 0) is 92.1 Å². The van der Waals surface area contributed by atoms with Crippen molar-refractivity contribution in [1.29, 1.82) is 0 Å². The normalized spacial score (nSPS) is 50.3. The molecule has 35 heavy (non-hydrogen) atoms. The van der Waals surface area contributed by atoms with Gasteiger partial charge in [-0.25, -0.2) is 0 Å². The molecule has 0 aliphatic heterocycles. The molecule has 5 aliphatic rings. The van der Waals surface area contributed by atoms with Crippen molar-refractivity contribution in [3.8, 4) is 0 Å². The first-order valence-electron chi connectivity index (χ1n) is 13.7. The Morgan fingerprint density at radius 1 is 0.943 bits per heavy atom. The van der Waals surface area contributed by atoms with Crippen LogP contribution >= 0.6 is 0 Å². The van der Waals surface area contributed by atoms with E-state index in [0.29, 0.717) is 0 Å². The SMILES string of the molecule is COC(=O)[C@@]1(C)CCC2(C)CC[C@]3(C)C(=CC(=O)[C@@H]4C5(C)C=CC(=O)C(C)(C)[C@@H]5CCC43C)C2C1. The molecule has 0 heterocycles. The molecule has 0 aromatic rings. The predicted molar refractivity (Wildman–Crippen MR) is 136 cm³/mol. The molecule has 0 aromatic carbocycles. The van der Waals surface area contributed by atoms with Crippen LogP contribution in [0.1, 0.15) is 93.4 Å². The van der Waals surface area contributed by atoms with E-state index in [2.05, 4.69) is 54.5 Å². The molecule has 3 saturated carbocycles. The average molecular weight is 481 g/mol. The molecule has 0 N–H and O–H groups in total. The summed E-state index contributed by atoms with van der Waals surface area (Å²) in [7, 11) is 1.49. The number of methoxy groups -OCH3 is 1. The number of hydrogen-bond acceptors (Lipinski definition) is 4. The molecule has 0 bridgehead atoms. The van der Waals surface area contributed by atoms with Crippen LogP contribution in [0.4, 0.5) is 0 Å². The van der Waals surface area contributed by atoms with Crippen LogP contribution in [0.5, 0.6) is 0 Å². The van der Waals surface area contributed by atoms with Gasteiger partial charge >= 0.3 is 5.97 Å². The van der Waals surface area contributed by atoms with E-state index in [0.717, 1.165) is 44.9 Å². The van der Waals surface area contributed by atoms with E-state index < -0.39 is 10.8 Å².